The van der Waals surface area contributed by atoms with E-state index in [4.69, 9.17) is 0 Å². The smallest absolute Gasteiger partial charge is 0.144 e. The SMILES string of the molecule is O=C(Cc1ccccn1)Cc1ccc([C@@H]2CC[C@@H](c3ccc(CC(=O)Cc4ccccn4)nn3)C2)nn1. The average Bonchev–Trinajstić information content (AvgIpc) is 3.41. The van der Waals surface area contributed by atoms with Crippen LogP contribution in [-0.2, 0) is 35.3 Å². The van der Waals surface area contributed by atoms with E-state index in [9.17, 15) is 9.59 Å². The Morgan fingerprint density at radius 3 is 1.41 bits per heavy atom. The number of nitrogens with zero attached hydrogens (tertiary/aromatic N) is 6. The molecule has 1 fully saturated rings. The third kappa shape index (κ3) is 6.73. The van der Waals surface area contributed by atoms with E-state index in [2.05, 4.69) is 30.4 Å². The van der Waals surface area contributed by atoms with Gasteiger partial charge in [-0.15, -0.1) is 0 Å². The molecule has 8 heteroatoms. The minimum Gasteiger partial charge on any atom is -0.299 e. The van der Waals surface area contributed by atoms with Crippen LogP contribution in [0.4, 0.5) is 0 Å². The molecular formula is C29H28N6O2. The number of carbonyl (C=O) groups is 2. The zero-order chi connectivity index (χ0) is 25.5. The van der Waals surface area contributed by atoms with Crippen molar-refractivity contribution >= 4 is 11.6 Å². The number of hydrogen-bond donors (Lipinski definition) is 0. The molecule has 0 unspecified atom stereocenters. The lowest BCUT2D eigenvalue weighted by atomic mass is 9.98. The monoisotopic (exact) mass is 492 g/mol. The molecule has 2 atom stereocenters. The number of pyridine rings is 2. The van der Waals surface area contributed by atoms with E-state index >= 15 is 0 Å². The minimum atomic E-state index is 0.0714. The highest BCUT2D eigenvalue weighted by Crippen LogP contribution is 2.42. The Labute approximate surface area is 215 Å². The molecule has 0 bridgehead atoms. The van der Waals surface area contributed by atoms with Crippen molar-refractivity contribution in [2.24, 2.45) is 0 Å². The molecule has 4 aromatic rings. The molecule has 0 saturated heterocycles. The maximum atomic E-state index is 12.3. The maximum absolute atomic E-state index is 12.3. The number of rotatable bonds is 10. The molecule has 0 spiro atoms. The van der Waals surface area contributed by atoms with Crippen LogP contribution in [0.2, 0.25) is 0 Å². The van der Waals surface area contributed by atoms with Crippen molar-refractivity contribution in [3.63, 3.8) is 0 Å². The first-order valence-corrected chi connectivity index (χ1v) is 12.6. The quantitative estimate of drug-likeness (QED) is 0.328. The third-order valence-electron chi connectivity index (χ3n) is 6.72. The number of carbonyl (C=O) groups excluding carboxylic acids is 2. The first-order chi connectivity index (χ1) is 18.1. The van der Waals surface area contributed by atoms with Crippen LogP contribution in [0.1, 0.15) is 65.3 Å². The van der Waals surface area contributed by atoms with Gasteiger partial charge in [0.25, 0.3) is 0 Å². The summed E-state index contributed by atoms with van der Waals surface area (Å²) >= 11 is 0. The van der Waals surface area contributed by atoms with Crippen molar-refractivity contribution in [3.05, 3.63) is 107 Å². The van der Waals surface area contributed by atoms with Crippen LogP contribution in [0.5, 0.6) is 0 Å². The second-order valence-corrected chi connectivity index (χ2v) is 9.53. The van der Waals surface area contributed by atoms with E-state index in [1.807, 2.05) is 60.7 Å². The van der Waals surface area contributed by atoms with Gasteiger partial charge in [0.2, 0.25) is 0 Å². The predicted octanol–water partition coefficient (Wildman–Crippen LogP) is 3.82. The zero-order valence-electron chi connectivity index (χ0n) is 20.5. The fraction of sp³-hybridized carbons (Fsp3) is 0.310. The van der Waals surface area contributed by atoms with Crippen molar-refractivity contribution in [1.82, 2.24) is 30.4 Å². The molecule has 4 aromatic heterocycles. The molecule has 0 aromatic carbocycles. The van der Waals surface area contributed by atoms with Gasteiger partial charge in [0.05, 0.1) is 35.6 Å². The number of hydrogen-bond acceptors (Lipinski definition) is 8. The summed E-state index contributed by atoms with van der Waals surface area (Å²) in [5.74, 6) is 0.749. The molecule has 186 valence electrons. The molecule has 0 radical (unpaired) electrons. The van der Waals surface area contributed by atoms with Gasteiger partial charge in [0.1, 0.15) is 11.6 Å². The fourth-order valence-electron chi connectivity index (χ4n) is 4.82. The summed E-state index contributed by atoms with van der Waals surface area (Å²) in [5, 5.41) is 17.5. The highest BCUT2D eigenvalue weighted by Gasteiger charge is 2.29. The summed E-state index contributed by atoms with van der Waals surface area (Å²) in [4.78, 5) is 33.1. The number of aromatic nitrogens is 6. The van der Waals surface area contributed by atoms with Gasteiger partial charge in [-0.2, -0.15) is 20.4 Å². The second kappa shape index (κ2) is 11.7. The summed E-state index contributed by atoms with van der Waals surface area (Å²) in [6, 6.07) is 18.9. The molecular weight excluding hydrogens is 464 g/mol. The van der Waals surface area contributed by atoms with E-state index in [1.54, 1.807) is 12.4 Å². The Bertz CT molecular complexity index is 1220. The summed E-state index contributed by atoms with van der Waals surface area (Å²) < 4.78 is 0. The second-order valence-electron chi connectivity index (χ2n) is 9.53. The van der Waals surface area contributed by atoms with Gasteiger partial charge >= 0.3 is 0 Å². The molecule has 1 aliphatic rings. The first kappa shape index (κ1) is 24.5. The highest BCUT2D eigenvalue weighted by molar-refractivity contribution is 5.82. The highest BCUT2D eigenvalue weighted by atomic mass is 16.1. The molecule has 1 aliphatic carbocycles. The third-order valence-corrected chi connectivity index (χ3v) is 6.72. The number of ketones is 2. The number of Topliss-reactive ketones (excluding diaryl/α,β-unsaturated/α-hetero) is 2. The van der Waals surface area contributed by atoms with Gasteiger partial charge in [0.15, 0.2) is 0 Å². The van der Waals surface area contributed by atoms with E-state index in [0.29, 0.717) is 36.1 Å². The summed E-state index contributed by atoms with van der Waals surface area (Å²) in [5.41, 5.74) is 4.79. The minimum absolute atomic E-state index is 0.0714. The van der Waals surface area contributed by atoms with Crippen LogP contribution in [0, 0.1) is 0 Å². The first-order valence-electron chi connectivity index (χ1n) is 12.6. The van der Waals surface area contributed by atoms with Gasteiger partial charge in [-0.3, -0.25) is 19.6 Å². The van der Waals surface area contributed by atoms with Crippen LogP contribution < -0.4 is 0 Å². The van der Waals surface area contributed by atoms with E-state index < -0.39 is 0 Å². The normalized spacial score (nSPS) is 17.0. The molecule has 1 saturated carbocycles. The lowest BCUT2D eigenvalue weighted by Crippen LogP contribution is -2.11. The van der Waals surface area contributed by atoms with Gasteiger partial charge < -0.3 is 0 Å². The van der Waals surface area contributed by atoms with Gasteiger partial charge in [0, 0.05) is 48.5 Å². The largest absolute Gasteiger partial charge is 0.299 e. The lowest BCUT2D eigenvalue weighted by Gasteiger charge is -2.11. The Morgan fingerprint density at radius 1 is 0.568 bits per heavy atom. The fourth-order valence-corrected chi connectivity index (χ4v) is 4.82. The topological polar surface area (TPSA) is 111 Å². The lowest BCUT2D eigenvalue weighted by molar-refractivity contribution is -0.118. The molecule has 0 amide bonds. The standard InChI is InChI=1S/C29H28N6O2/c36-26(16-22-5-1-3-13-30-22)18-24-9-11-28(34-32-24)20-7-8-21(15-20)29-12-10-25(33-35-29)19-27(37)17-23-6-2-4-14-31-23/h1-6,9-14,20-21H,7-8,15-19H2/t20-,21-/m1/s1. The van der Waals surface area contributed by atoms with E-state index in [-0.39, 0.29) is 24.4 Å². The Kier molecular flexibility index (Phi) is 7.74. The molecule has 0 aliphatic heterocycles. The summed E-state index contributed by atoms with van der Waals surface area (Å²) in [7, 11) is 0. The molecule has 8 nitrogen and oxygen atoms in total. The van der Waals surface area contributed by atoms with Gasteiger partial charge in [-0.05, 0) is 67.8 Å². The van der Waals surface area contributed by atoms with Crippen molar-refractivity contribution in [2.45, 2.75) is 56.8 Å². The van der Waals surface area contributed by atoms with Crippen molar-refractivity contribution < 1.29 is 9.59 Å². The van der Waals surface area contributed by atoms with Crippen LogP contribution in [0.25, 0.3) is 0 Å². The van der Waals surface area contributed by atoms with E-state index in [0.717, 1.165) is 42.0 Å². The predicted molar refractivity (Wildman–Crippen MR) is 137 cm³/mol. The molecule has 5 rings (SSSR count). The van der Waals surface area contributed by atoms with Gasteiger partial charge in [-0.1, -0.05) is 12.1 Å². The maximum Gasteiger partial charge on any atom is 0.144 e. The molecule has 0 N–H and O–H groups in total. The Balaban J connectivity index is 1.12. The summed E-state index contributed by atoms with van der Waals surface area (Å²) in [6.45, 7) is 0. The Morgan fingerprint density at radius 2 is 1.03 bits per heavy atom. The zero-order valence-corrected chi connectivity index (χ0v) is 20.5. The van der Waals surface area contributed by atoms with Crippen molar-refractivity contribution in [3.8, 4) is 0 Å². The molecule has 4 heterocycles. The van der Waals surface area contributed by atoms with Gasteiger partial charge in [-0.25, -0.2) is 0 Å². The molecule has 37 heavy (non-hydrogen) atoms. The van der Waals surface area contributed by atoms with Crippen molar-refractivity contribution in [2.75, 3.05) is 0 Å². The average molecular weight is 493 g/mol. The van der Waals surface area contributed by atoms with Crippen LogP contribution in [0.15, 0.2) is 73.1 Å². The van der Waals surface area contributed by atoms with Crippen LogP contribution in [-0.4, -0.2) is 41.9 Å². The van der Waals surface area contributed by atoms with Crippen LogP contribution >= 0.6 is 0 Å². The summed E-state index contributed by atoms with van der Waals surface area (Å²) in [6.07, 6.45) is 7.43. The van der Waals surface area contributed by atoms with Crippen LogP contribution in [0.3, 0.4) is 0 Å². The van der Waals surface area contributed by atoms with Crippen molar-refractivity contribution in [1.29, 1.82) is 0 Å². The van der Waals surface area contributed by atoms with E-state index in [1.165, 1.54) is 0 Å². The Hall–Kier alpha value is -4.20.